The first-order valence-electron chi connectivity index (χ1n) is 6.00. The van der Waals surface area contributed by atoms with Gasteiger partial charge < -0.3 is 15.1 Å². The molecular formula is C13H14FNO3. The molecule has 0 aromatic heterocycles. The average molecular weight is 251 g/mol. The number of phenolic OH excluding ortho intramolecular Hbond substituents is 1. The highest BCUT2D eigenvalue weighted by Gasteiger charge is 2.53. The number of rotatable bonds is 2. The number of amides is 1. The van der Waals surface area contributed by atoms with Gasteiger partial charge in [-0.3, -0.25) is 4.79 Å². The number of phenols is 1. The third kappa shape index (κ3) is 1.75. The predicted molar refractivity (Wildman–Crippen MR) is 61.6 cm³/mol. The van der Waals surface area contributed by atoms with Crippen LogP contribution in [0.5, 0.6) is 5.75 Å². The van der Waals surface area contributed by atoms with E-state index in [-0.39, 0.29) is 24.4 Å². The Kier molecular flexibility index (Phi) is 2.35. The molecule has 2 fully saturated rings. The van der Waals surface area contributed by atoms with Gasteiger partial charge in [-0.25, -0.2) is 4.39 Å². The van der Waals surface area contributed by atoms with E-state index in [0.29, 0.717) is 5.92 Å². The molecule has 1 heterocycles. The maximum absolute atomic E-state index is 13.1. The lowest BCUT2D eigenvalue weighted by Crippen LogP contribution is -2.64. The van der Waals surface area contributed by atoms with E-state index in [4.69, 9.17) is 0 Å². The molecule has 0 radical (unpaired) electrons. The molecule has 5 heteroatoms. The monoisotopic (exact) mass is 251 g/mol. The van der Waals surface area contributed by atoms with E-state index in [2.05, 4.69) is 0 Å². The third-order valence-electron chi connectivity index (χ3n) is 3.74. The van der Waals surface area contributed by atoms with Crippen LogP contribution in [0.25, 0.3) is 0 Å². The Bertz CT molecular complexity index is 507. The first-order chi connectivity index (χ1) is 8.49. The first-order valence-corrected chi connectivity index (χ1v) is 6.00. The van der Waals surface area contributed by atoms with Gasteiger partial charge in [-0.1, -0.05) is 0 Å². The summed E-state index contributed by atoms with van der Waals surface area (Å²) in [4.78, 5) is 13.5. The van der Waals surface area contributed by atoms with Crippen molar-refractivity contribution >= 4 is 5.91 Å². The summed E-state index contributed by atoms with van der Waals surface area (Å²) >= 11 is 0. The summed E-state index contributed by atoms with van der Waals surface area (Å²) in [6.07, 6.45) is 2.01. The molecule has 96 valence electrons. The van der Waals surface area contributed by atoms with Crippen LogP contribution in [0.1, 0.15) is 23.2 Å². The minimum absolute atomic E-state index is 0.0483. The number of carbonyl (C=O) groups excluding carboxylic acids is 1. The van der Waals surface area contributed by atoms with Crippen LogP contribution in [-0.4, -0.2) is 39.7 Å². The van der Waals surface area contributed by atoms with Gasteiger partial charge in [-0.05, 0) is 37.0 Å². The van der Waals surface area contributed by atoms with Gasteiger partial charge in [0.05, 0.1) is 18.7 Å². The molecule has 1 aromatic rings. The zero-order valence-electron chi connectivity index (χ0n) is 9.77. The quantitative estimate of drug-likeness (QED) is 0.828. The number of hydrogen-bond acceptors (Lipinski definition) is 3. The van der Waals surface area contributed by atoms with Crippen molar-refractivity contribution in [2.45, 2.75) is 18.4 Å². The van der Waals surface area contributed by atoms with Gasteiger partial charge in [-0.2, -0.15) is 0 Å². The van der Waals surface area contributed by atoms with Crippen molar-refractivity contribution in [1.82, 2.24) is 4.90 Å². The van der Waals surface area contributed by atoms with Crippen LogP contribution in [0.4, 0.5) is 4.39 Å². The van der Waals surface area contributed by atoms with Crippen molar-refractivity contribution in [2.24, 2.45) is 5.92 Å². The number of hydrogen-bond donors (Lipinski definition) is 2. The van der Waals surface area contributed by atoms with Gasteiger partial charge in [0.2, 0.25) is 0 Å². The van der Waals surface area contributed by atoms with E-state index in [1.165, 1.54) is 4.90 Å². The van der Waals surface area contributed by atoms with Gasteiger partial charge in [0.25, 0.3) is 5.91 Å². The van der Waals surface area contributed by atoms with Gasteiger partial charge in [-0.15, -0.1) is 0 Å². The van der Waals surface area contributed by atoms with Crippen LogP contribution < -0.4 is 0 Å². The van der Waals surface area contributed by atoms with Crippen LogP contribution in [0.15, 0.2) is 18.2 Å². The minimum Gasteiger partial charge on any atom is -0.507 e. The fourth-order valence-corrected chi connectivity index (χ4v) is 2.49. The molecule has 1 aromatic carbocycles. The van der Waals surface area contributed by atoms with Crippen molar-refractivity contribution in [2.75, 3.05) is 13.1 Å². The predicted octanol–water partition coefficient (Wildman–Crippen LogP) is 1.13. The zero-order chi connectivity index (χ0) is 12.9. The molecular weight excluding hydrogens is 237 g/mol. The molecule has 0 atom stereocenters. The fourth-order valence-electron chi connectivity index (χ4n) is 2.49. The van der Waals surface area contributed by atoms with Gasteiger partial charge >= 0.3 is 0 Å². The largest absolute Gasteiger partial charge is 0.507 e. The second-order valence-corrected chi connectivity index (χ2v) is 5.20. The van der Waals surface area contributed by atoms with Gasteiger partial charge in [0.1, 0.15) is 17.2 Å². The fraction of sp³-hybridized carbons (Fsp3) is 0.462. The van der Waals surface area contributed by atoms with E-state index in [1.807, 2.05) is 0 Å². The smallest absolute Gasteiger partial charge is 0.257 e. The Balaban J connectivity index is 1.74. The minimum atomic E-state index is -0.765. The molecule has 18 heavy (non-hydrogen) atoms. The summed E-state index contributed by atoms with van der Waals surface area (Å²) in [6.45, 7) is 0.541. The molecule has 1 aliphatic carbocycles. The normalized spacial score (nSPS) is 21.6. The van der Waals surface area contributed by atoms with Crippen LogP contribution in [0.3, 0.4) is 0 Å². The van der Waals surface area contributed by atoms with Gasteiger partial charge in [0, 0.05) is 0 Å². The molecule has 4 nitrogen and oxygen atoms in total. The lowest BCUT2D eigenvalue weighted by atomic mass is 9.88. The second kappa shape index (κ2) is 3.68. The van der Waals surface area contributed by atoms with Crippen molar-refractivity contribution < 1.29 is 19.4 Å². The molecule has 1 saturated heterocycles. The second-order valence-electron chi connectivity index (χ2n) is 5.20. The molecule has 2 N–H and O–H groups in total. The maximum atomic E-state index is 13.1. The summed E-state index contributed by atoms with van der Waals surface area (Å²) in [5, 5.41) is 19.7. The van der Waals surface area contributed by atoms with Gasteiger partial charge in [0.15, 0.2) is 0 Å². The highest BCUT2D eigenvalue weighted by Crippen LogP contribution is 2.45. The third-order valence-corrected chi connectivity index (χ3v) is 3.74. The van der Waals surface area contributed by atoms with Crippen LogP contribution >= 0.6 is 0 Å². The summed E-state index contributed by atoms with van der Waals surface area (Å²) < 4.78 is 13.1. The van der Waals surface area contributed by atoms with Crippen molar-refractivity contribution in [3.63, 3.8) is 0 Å². The van der Waals surface area contributed by atoms with Crippen molar-refractivity contribution in [3.05, 3.63) is 29.6 Å². The lowest BCUT2D eigenvalue weighted by molar-refractivity contribution is -0.0958. The average Bonchev–Trinajstić information content (AvgIpc) is 3.11. The molecule has 1 saturated carbocycles. The summed E-state index contributed by atoms with van der Waals surface area (Å²) in [5.74, 6) is -0.933. The van der Waals surface area contributed by atoms with Crippen LogP contribution in [-0.2, 0) is 0 Å². The summed E-state index contributed by atoms with van der Waals surface area (Å²) in [7, 11) is 0. The van der Waals surface area contributed by atoms with E-state index >= 15 is 0 Å². The summed E-state index contributed by atoms with van der Waals surface area (Å²) in [6, 6.07) is 3.28. The molecule has 0 unspecified atom stereocenters. The Labute approximate surface area is 104 Å². The Morgan fingerprint density at radius 3 is 2.67 bits per heavy atom. The van der Waals surface area contributed by atoms with Crippen molar-refractivity contribution in [3.8, 4) is 5.75 Å². The molecule has 2 aliphatic rings. The Hall–Kier alpha value is -1.62. The first kappa shape index (κ1) is 11.5. The Morgan fingerprint density at radius 2 is 2.06 bits per heavy atom. The van der Waals surface area contributed by atoms with Crippen LogP contribution in [0, 0.1) is 11.7 Å². The zero-order valence-corrected chi connectivity index (χ0v) is 9.77. The molecule has 3 rings (SSSR count). The topological polar surface area (TPSA) is 60.8 Å². The number of carbonyl (C=O) groups is 1. The van der Waals surface area contributed by atoms with E-state index in [0.717, 1.165) is 31.0 Å². The number of halogens is 1. The van der Waals surface area contributed by atoms with E-state index in [9.17, 15) is 19.4 Å². The molecule has 0 spiro atoms. The standard InChI is InChI=1S/C13H14FNO3/c14-9-3-4-11(16)10(5-9)12(17)15-6-13(18,7-15)8-1-2-8/h3-5,8,16,18H,1-2,6-7H2. The number of benzene rings is 1. The van der Waals surface area contributed by atoms with E-state index < -0.39 is 17.3 Å². The molecule has 1 aliphatic heterocycles. The SMILES string of the molecule is O=C(c1cc(F)ccc1O)N1CC(O)(C2CC2)C1. The molecule has 1 amide bonds. The van der Waals surface area contributed by atoms with Crippen molar-refractivity contribution in [1.29, 1.82) is 0 Å². The highest BCUT2D eigenvalue weighted by atomic mass is 19.1. The van der Waals surface area contributed by atoms with Crippen LogP contribution in [0.2, 0.25) is 0 Å². The number of nitrogens with zero attached hydrogens (tertiary/aromatic N) is 1. The number of aromatic hydroxyl groups is 1. The number of aliphatic hydroxyl groups is 1. The molecule has 0 bridgehead atoms. The Morgan fingerprint density at radius 1 is 1.39 bits per heavy atom. The summed E-state index contributed by atoms with van der Waals surface area (Å²) in [5.41, 5.74) is -0.814. The number of β-amino-alcohol motifs (C(OH)–C–C–N with tert-alkyl or cyclic N) is 1. The highest BCUT2D eigenvalue weighted by molar-refractivity contribution is 5.97. The lowest BCUT2D eigenvalue weighted by Gasteiger charge is -2.47. The van der Waals surface area contributed by atoms with E-state index in [1.54, 1.807) is 0 Å². The maximum Gasteiger partial charge on any atom is 0.257 e. The number of likely N-dealkylation sites (tertiary alicyclic amines) is 1.